The van der Waals surface area contributed by atoms with Crippen LogP contribution >= 0.6 is 0 Å². The van der Waals surface area contributed by atoms with Gasteiger partial charge in [-0.3, -0.25) is 14.9 Å². The summed E-state index contributed by atoms with van der Waals surface area (Å²) in [6.07, 6.45) is 4.02. The van der Waals surface area contributed by atoms with Gasteiger partial charge in [0.2, 0.25) is 5.82 Å². The number of hydrogen-bond donors (Lipinski definition) is 1. The highest BCUT2D eigenvalue weighted by atomic mass is 19.1. The Kier molecular flexibility index (Phi) is 3.42. The van der Waals surface area contributed by atoms with E-state index in [1.165, 1.54) is 18.7 Å². The minimum absolute atomic E-state index is 0.0306. The molecule has 0 saturated carbocycles. The number of anilines is 1. The van der Waals surface area contributed by atoms with Gasteiger partial charge < -0.3 is 5.32 Å². The number of benzene rings is 1. The van der Waals surface area contributed by atoms with Crippen molar-refractivity contribution in [2.75, 3.05) is 5.32 Å². The zero-order valence-electron chi connectivity index (χ0n) is 9.41. The van der Waals surface area contributed by atoms with Crippen LogP contribution in [0.25, 0.3) is 0 Å². The van der Waals surface area contributed by atoms with E-state index < -0.39 is 22.3 Å². The van der Waals surface area contributed by atoms with E-state index in [1.54, 1.807) is 0 Å². The molecule has 0 aliphatic rings. The molecule has 0 unspecified atom stereocenters. The summed E-state index contributed by atoms with van der Waals surface area (Å²) < 4.78 is 13.1. The molecule has 0 radical (unpaired) electrons. The van der Waals surface area contributed by atoms with Gasteiger partial charge in [0.05, 0.1) is 23.0 Å². The predicted octanol–water partition coefficient (Wildman–Crippen LogP) is 1.78. The molecular weight excluding hydrogens is 255 g/mol. The van der Waals surface area contributed by atoms with Crippen LogP contribution in [0.1, 0.15) is 10.4 Å². The van der Waals surface area contributed by atoms with Crippen molar-refractivity contribution in [1.82, 2.24) is 9.97 Å². The van der Waals surface area contributed by atoms with E-state index in [9.17, 15) is 19.3 Å². The topological polar surface area (TPSA) is 98.0 Å². The number of carbonyl (C=O) groups is 1. The summed E-state index contributed by atoms with van der Waals surface area (Å²) in [5, 5.41) is 13.0. The van der Waals surface area contributed by atoms with Crippen molar-refractivity contribution in [3.63, 3.8) is 0 Å². The van der Waals surface area contributed by atoms with Gasteiger partial charge in [0.15, 0.2) is 0 Å². The number of hydrogen-bond acceptors (Lipinski definition) is 5. The Hall–Kier alpha value is -2.90. The van der Waals surface area contributed by atoms with Crippen LogP contribution in [0, 0.1) is 15.9 Å². The van der Waals surface area contributed by atoms with Gasteiger partial charge in [-0.05, 0) is 12.1 Å². The fourth-order valence-electron chi connectivity index (χ4n) is 1.36. The predicted molar refractivity (Wildman–Crippen MR) is 63.0 cm³/mol. The van der Waals surface area contributed by atoms with Crippen LogP contribution in [0.5, 0.6) is 0 Å². The molecule has 96 valence electrons. The highest BCUT2D eigenvalue weighted by Gasteiger charge is 2.17. The zero-order chi connectivity index (χ0) is 13.8. The number of rotatable bonds is 3. The number of nitro groups is 1. The SMILES string of the molecule is O=C(Nc1cncnc1)c1ccc(F)c([N+](=O)[O-])c1. The third kappa shape index (κ3) is 2.86. The van der Waals surface area contributed by atoms with E-state index in [2.05, 4.69) is 15.3 Å². The first-order valence-corrected chi connectivity index (χ1v) is 5.08. The van der Waals surface area contributed by atoms with Gasteiger partial charge in [0, 0.05) is 11.6 Å². The van der Waals surface area contributed by atoms with Gasteiger partial charge in [-0.2, -0.15) is 4.39 Å². The largest absolute Gasteiger partial charge is 0.319 e. The van der Waals surface area contributed by atoms with Gasteiger partial charge >= 0.3 is 5.69 Å². The van der Waals surface area contributed by atoms with E-state index in [-0.39, 0.29) is 5.56 Å². The molecule has 0 fully saturated rings. The number of aromatic nitrogens is 2. The first-order valence-electron chi connectivity index (χ1n) is 5.08. The number of amides is 1. The molecule has 0 aliphatic heterocycles. The second kappa shape index (κ2) is 5.17. The molecule has 2 rings (SSSR count). The van der Waals surface area contributed by atoms with Crippen molar-refractivity contribution in [2.24, 2.45) is 0 Å². The van der Waals surface area contributed by atoms with Gasteiger partial charge in [-0.25, -0.2) is 9.97 Å². The number of nitrogens with one attached hydrogen (secondary N) is 1. The summed E-state index contributed by atoms with van der Waals surface area (Å²) in [6, 6.07) is 2.89. The second-order valence-electron chi connectivity index (χ2n) is 3.50. The molecule has 0 aliphatic carbocycles. The van der Waals surface area contributed by atoms with Gasteiger partial charge in [0.1, 0.15) is 6.33 Å². The van der Waals surface area contributed by atoms with Crippen LogP contribution in [-0.2, 0) is 0 Å². The summed E-state index contributed by atoms with van der Waals surface area (Å²) in [6.45, 7) is 0. The van der Waals surface area contributed by atoms with E-state index in [1.807, 2.05) is 0 Å². The van der Waals surface area contributed by atoms with Crippen LogP contribution in [0.3, 0.4) is 0 Å². The number of nitro benzene ring substituents is 1. The molecule has 1 aromatic carbocycles. The first-order chi connectivity index (χ1) is 9.08. The Morgan fingerprint density at radius 3 is 2.63 bits per heavy atom. The Balaban J connectivity index is 2.25. The maximum atomic E-state index is 13.1. The fraction of sp³-hybridized carbons (Fsp3) is 0. The maximum absolute atomic E-state index is 13.1. The monoisotopic (exact) mass is 262 g/mol. The maximum Gasteiger partial charge on any atom is 0.305 e. The number of carbonyl (C=O) groups excluding carboxylic acids is 1. The first kappa shape index (κ1) is 12.6. The lowest BCUT2D eigenvalue weighted by Crippen LogP contribution is -2.12. The third-order valence-electron chi connectivity index (χ3n) is 2.22. The van der Waals surface area contributed by atoms with Crippen molar-refractivity contribution in [2.45, 2.75) is 0 Å². The summed E-state index contributed by atoms with van der Waals surface area (Å²) in [5.41, 5.74) is -0.451. The summed E-state index contributed by atoms with van der Waals surface area (Å²) >= 11 is 0. The highest BCUT2D eigenvalue weighted by molar-refractivity contribution is 6.04. The smallest absolute Gasteiger partial charge is 0.305 e. The molecule has 0 spiro atoms. The van der Waals surface area contributed by atoms with Crippen molar-refractivity contribution in [3.8, 4) is 0 Å². The van der Waals surface area contributed by atoms with Crippen LogP contribution < -0.4 is 5.32 Å². The van der Waals surface area contributed by atoms with E-state index >= 15 is 0 Å². The normalized spacial score (nSPS) is 9.95. The third-order valence-corrected chi connectivity index (χ3v) is 2.22. The molecular formula is C11H7FN4O3. The minimum atomic E-state index is -0.996. The fourth-order valence-corrected chi connectivity index (χ4v) is 1.36. The Labute approximate surface area is 106 Å². The molecule has 0 atom stereocenters. The standard InChI is InChI=1S/C11H7FN4O3/c12-9-2-1-7(3-10(9)16(18)19)11(17)15-8-4-13-6-14-5-8/h1-6H,(H,15,17). The molecule has 19 heavy (non-hydrogen) atoms. The molecule has 2 aromatic rings. The lowest BCUT2D eigenvalue weighted by atomic mass is 10.2. The van der Waals surface area contributed by atoms with Crippen LogP contribution in [-0.4, -0.2) is 20.8 Å². The molecule has 8 heteroatoms. The molecule has 1 heterocycles. The van der Waals surface area contributed by atoms with Gasteiger partial charge in [-0.15, -0.1) is 0 Å². The highest BCUT2D eigenvalue weighted by Crippen LogP contribution is 2.19. The molecule has 1 N–H and O–H groups in total. The zero-order valence-corrected chi connectivity index (χ0v) is 9.41. The van der Waals surface area contributed by atoms with Crippen LogP contribution in [0.2, 0.25) is 0 Å². The second-order valence-corrected chi connectivity index (χ2v) is 3.50. The summed E-state index contributed by atoms with van der Waals surface area (Å²) in [7, 11) is 0. The summed E-state index contributed by atoms with van der Waals surface area (Å²) in [4.78, 5) is 28.9. The lowest BCUT2D eigenvalue weighted by molar-refractivity contribution is -0.387. The molecule has 1 aromatic heterocycles. The van der Waals surface area contributed by atoms with Crippen molar-refractivity contribution in [1.29, 1.82) is 0 Å². The molecule has 7 nitrogen and oxygen atoms in total. The van der Waals surface area contributed by atoms with Gasteiger partial charge in [-0.1, -0.05) is 0 Å². The van der Waals surface area contributed by atoms with Crippen molar-refractivity contribution >= 4 is 17.3 Å². The molecule has 0 bridgehead atoms. The Morgan fingerprint density at radius 1 is 1.32 bits per heavy atom. The average molecular weight is 262 g/mol. The lowest BCUT2D eigenvalue weighted by Gasteiger charge is -2.04. The van der Waals surface area contributed by atoms with Gasteiger partial charge in [0.25, 0.3) is 5.91 Å². The van der Waals surface area contributed by atoms with E-state index in [4.69, 9.17) is 0 Å². The van der Waals surface area contributed by atoms with Crippen LogP contribution in [0.4, 0.5) is 15.8 Å². The quantitative estimate of drug-likeness (QED) is 0.671. The van der Waals surface area contributed by atoms with Crippen molar-refractivity contribution in [3.05, 3.63) is 58.4 Å². The average Bonchev–Trinajstić information content (AvgIpc) is 2.40. The molecule has 0 saturated heterocycles. The molecule has 1 amide bonds. The Bertz CT molecular complexity index is 633. The summed E-state index contributed by atoms with van der Waals surface area (Å²) in [5.74, 6) is -1.61. The van der Waals surface area contributed by atoms with Crippen LogP contribution in [0.15, 0.2) is 36.9 Å². The van der Waals surface area contributed by atoms with E-state index in [0.717, 1.165) is 18.2 Å². The number of nitrogens with zero attached hydrogens (tertiary/aromatic N) is 3. The minimum Gasteiger partial charge on any atom is -0.319 e. The Morgan fingerprint density at radius 2 is 2.00 bits per heavy atom. The van der Waals surface area contributed by atoms with E-state index in [0.29, 0.717) is 5.69 Å². The number of halogens is 1. The van der Waals surface area contributed by atoms with Crippen molar-refractivity contribution < 1.29 is 14.1 Å².